The first kappa shape index (κ1) is 17.7. The van der Waals surface area contributed by atoms with E-state index in [0.29, 0.717) is 6.04 Å². The van der Waals surface area contributed by atoms with Crippen LogP contribution in [-0.4, -0.2) is 31.6 Å². The molecule has 1 unspecified atom stereocenters. The number of nitrogens with zero attached hydrogens (tertiary/aromatic N) is 1. The first-order valence-corrected chi connectivity index (χ1v) is 8.64. The molecule has 1 N–H and O–H groups in total. The van der Waals surface area contributed by atoms with Gasteiger partial charge >= 0.3 is 0 Å². The minimum absolute atomic E-state index is 0.465. The second-order valence-corrected chi connectivity index (χ2v) is 6.42. The quantitative estimate of drug-likeness (QED) is 0.668. The first-order chi connectivity index (χ1) is 9.67. The summed E-state index contributed by atoms with van der Waals surface area (Å²) < 4.78 is 1.15. The Balaban J connectivity index is 2.53. The van der Waals surface area contributed by atoms with E-state index in [1.54, 1.807) is 0 Å². The maximum Gasteiger partial charge on any atom is 0.0332 e. The molecule has 0 aliphatic rings. The molecule has 0 aromatic heterocycles. The normalized spacial score (nSPS) is 12.8. The van der Waals surface area contributed by atoms with Gasteiger partial charge in [0.15, 0.2) is 0 Å². The van der Waals surface area contributed by atoms with Crippen molar-refractivity contribution in [2.45, 2.75) is 45.6 Å². The molecule has 1 aromatic carbocycles. The van der Waals surface area contributed by atoms with Gasteiger partial charge in [-0.3, -0.25) is 0 Å². The van der Waals surface area contributed by atoms with E-state index in [1.165, 1.54) is 37.8 Å². The van der Waals surface area contributed by atoms with E-state index in [1.807, 2.05) is 0 Å². The van der Waals surface area contributed by atoms with E-state index in [2.05, 4.69) is 71.3 Å². The SMILES string of the molecule is CCCCN(C)CCC(NCCC)c1ccc(Br)cc1. The predicted molar refractivity (Wildman–Crippen MR) is 92.2 cm³/mol. The van der Waals surface area contributed by atoms with Crippen molar-refractivity contribution in [2.24, 2.45) is 0 Å². The highest BCUT2D eigenvalue weighted by atomic mass is 79.9. The molecule has 0 saturated heterocycles. The lowest BCUT2D eigenvalue weighted by Gasteiger charge is -2.23. The topological polar surface area (TPSA) is 15.3 Å². The highest BCUT2D eigenvalue weighted by molar-refractivity contribution is 9.10. The minimum atomic E-state index is 0.465. The van der Waals surface area contributed by atoms with E-state index in [4.69, 9.17) is 0 Å². The van der Waals surface area contributed by atoms with Gasteiger partial charge in [-0.05, 0) is 63.6 Å². The van der Waals surface area contributed by atoms with Gasteiger partial charge in [0.2, 0.25) is 0 Å². The molecule has 1 atom stereocenters. The number of unbranched alkanes of at least 4 members (excludes halogenated alkanes) is 1. The number of nitrogens with one attached hydrogen (secondary N) is 1. The van der Waals surface area contributed by atoms with Gasteiger partial charge in [-0.15, -0.1) is 0 Å². The van der Waals surface area contributed by atoms with Crippen LogP contribution in [0.5, 0.6) is 0 Å². The monoisotopic (exact) mass is 340 g/mol. The van der Waals surface area contributed by atoms with Gasteiger partial charge in [0.05, 0.1) is 0 Å². The second kappa shape index (κ2) is 10.4. The van der Waals surface area contributed by atoms with Gasteiger partial charge in [0.1, 0.15) is 0 Å². The highest BCUT2D eigenvalue weighted by Gasteiger charge is 2.11. The molecule has 0 spiro atoms. The van der Waals surface area contributed by atoms with Crippen molar-refractivity contribution in [3.05, 3.63) is 34.3 Å². The summed E-state index contributed by atoms with van der Waals surface area (Å²) in [6.45, 7) is 7.91. The van der Waals surface area contributed by atoms with Gasteiger partial charge in [-0.25, -0.2) is 0 Å². The Labute approximate surface area is 133 Å². The zero-order valence-corrected chi connectivity index (χ0v) is 14.7. The van der Waals surface area contributed by atoms with Crippen LogP contribution in [0.2, 0.25) is 0 Å². The molecule has 1 aromatic rings. The minimum Gasteiger partial charge on any atom is -0.310 e. The summed E-state index contributed by atoms with van der Waals surface area (Å²) >= 11 is 3.51. The molecular formula is C17H29BrN2. The van der Waals surface area contributed by atoms with Crippen molar-refractivity contribution >= 4 is 15.9 Å². The molecule has 20 heavy (non-hydrogen) atoms. The molecule has 2 nitrogen and oxygen atoms in total. The van der Waals surface area contributed by atoms with Gasteiger partial charge in [0, 0.05) is 10.5 Å². The fourth-order valence-corrected chi connectivity index (χ4v) is 2.55. The maximum absolute atomic E-state index is 3.67. The molecule has 0 saturated carbocycles. The van der Waals surface area contributed by atoms with E-state index in [-0.39, 0.29) is 0 Å². The van der Waals surface area contributed by atoms with Crippen LogP contribution in [0.1, 0.15) is 51.1 Å². The Morgan fingerprint density at radius 3 is 2.40 bits per heavy atom. The predicted octanol–water partition coefficient (Wildman–Crippen LogP) is 4.61. The largest absolute Gasteiger partial charge is 0.310 e. The molecule has 3 heteroatoms. The van der Waals surface area contributed by atoms with Crippen LogP contribution in [0.3, 0.4) is 0 Å². The van der Waals surface area contributed by atoms with Crippen molar-refractivity contribution in [3.8, 4) is 0 Å². The number of halogens is 1. The van der Waals surface area contributed by atoms with Gasteiger partial charge in [-0.1, -0.05) is 48.3 Å². The molecular weight excluding hydrogens is 312 g/mol. The molecule has 0 bridgehead atoms. The summed E-state index contributed by atoms with van der Waals surface area (Å²) in [5, 5.41) is 3.67. The van der Waals surface area contributed by atoms with Crippen LogP contribution in [0.25, 0.3) is 0 Å². The summed E-state index contributed by atoms with van der Waals surface area (Å²) in [5.74, 6) is 0. The zero-order chi connectivity index (χ0) is 14.8. The summed E-state index contributed by atoms with van der Waals surface area (Å²) in [6.07, 6.45) is 4.91. The molecule has 0 aliphatic carbocycles. The molecule has 114 valence electrons. The fraction of sp³-hybridized carbons (Fsp3) is 0.647. The zero-order valence-electron chi connectivity index (χ0n) is 13.2. The molecule has 1 rings (SSSR count). The van der Waals surface area contributed by atoms with Crippen molar-refractivity contribution in [3.63, 3.8) is 0 Å². The summed E-state index contributed by atoms with van der Waals surface area (Å²) in [5.41, 5.74) is 1.39. The van der Waals surface area contributed by atoms with Gasteiger partial charge in [-0.2, -0.15) is 0 Å². The van der Waals surface area contributed by atoms with Crippen molar-refractivity contribution in [1.82, 2.24) is 10.2 Å². The number of rotatable bonds is 10. The standard InChI is InChI=1S/C17H29BrN2/c1-4-6-13-20(3)14-11-17(19-12-5-2)15-7-9-16(18)10-8-15/h7-10,17,19H,4-6,11-14H2,1-3H3. The van der Waals surface area contributed by atoms with Crippen molar-refractivity contribution in [2.75, 3.05) is 26.7 Å². The summed E-state index contributed by atoms with van der Waals surface area (Å²) in [6, 6.07) is 9.19. The van der Waals surface area contributed by atoms with Crippen LogP contribution in [0.15, 0.2) is 28.7 Å². The Morgan fingerprint density at radius 1 is 1.10 bits per heavy atom. The van der Waals surface area contributed by atoms with Gasteiger partial charge < -0.3 is 10.2 Å². The Hall–Kier alpha value is -0.380. The number of hydrogen-bond acceptors (Lipinski definition) is 2. The number of benzene rings is 1. The molecule has 0 fully saturated rings. The average molecular weight is 341 g/mol. The lowest BCUT2D eigenvalue weighted by Crippen LogP contribution is -2.28. The Morgan fingerprint density at radius 2 is 1.80 bits per heavy atom. The van der Waals surface area contributed by atoms with Crippen molar-refractivity contribution in [1.29, 1.82) is 0 Å². The van der Waals surface area contributed by atoms with E-state index in [9.17, 15) is 0 Å². The van der Waals surface area contributed by atoms with Crippen LogP contribution < -0.4 is 5.32 Å². The third-order valence-electron chi connectivity index (χ3n) is 3.61. The van der Waals surface area contributed by atoms with Crippen LogP contribution in [-0.2, 0) is 0 Å². The molecule has 0 amide bonds. The van der Waals surface area contributed by atoms with E-state index in [0.717, 1.165) is 17.6 Å². The smallest absolute Gasteiger partial charge is 0.0332 e. The van der Waals surface area contributed by atoms with E-state index < -0.39 is 0 Å². The molecule has 0 heterocycles. The van der Waals surface area contributed by atoms with E-state index >= 15 is 0 Å². The third-order valence-corrected chi connectivity index (χ3v) is 4.13. The Kier molecular flexibility index (Phi) is 9.16. The Bertz CT molecular complexity index is 351. The molecule has 0 radical (unpaired) electrons. The lowest BCUT2D eigenvalue weighted by atomic mass is 10.0. The van der Waals surface area contributed by atoms with Crippen LogP contribution >= 0.6 is 15.9 Å². The average Bonchev–Trinajstić information content (AvgIpc) is 2.46. The summed E-state index contributed by atoms with van der Waals surface area (Å²) in [4.78, 5) is 2.45. The highest BCUT2D eigenvalue weighted by Crippen LogP contribution is 2.20. The first-order valence-electron chi connectivity index (χ1n) is 7.84. The van der Waals surface area contributed by atoms with Crippen LogP contribution in [0, 0.1) is 0 Å². The lowest BCUT2D eigenvalue weighted by molar-refractivity contribution is 0.302. The third kappa shape index (κ3) is 6.87. The maximum atomic E-state index is 3.67. The summed E-state index contributed by atoms with van der Waals surface area (Å²) in [7, 11) is 2.23. The van der Waals surface area contributed by atoms with Gasteiger partial charge in [0.25, 0.3) is 0 Å². The fourth-order valence-electron chi connectivity index (χ4n) is 2.29. The van der Waals surface area contributed by atoms with Crippen LogP contribution in [0.4, 0.5) is 0 Å². The number of hydrogen-bond donors (Lipinski definition) is 1. The van der Waals surface area contributed by atoms with Crippen molar-refractivity contribution < 1.29 is 0 Å². The molecule has 0 aliphatic heterocycles. The second-order valence-electron chi connectivity index (χ2n) is 5.50.